The van der Waals surface area contributed by atoms with Crippen molar-refractivity contribution in [3.8, 4) is 0 Å². The normalized spacial score (nSPS) is 6.42. The third kappa shape index (κ3) is 10.7. The summed E-state index contributed by atoms with van der Waals surface area (Å²) in [4.78, 5) is 4.05. The van der Waals surface area contributed by atoms with Crippen molar-refractivity contribution in [2.75, 3.05) is 0 Å². The molecule has 0 aliphatic heterocycles. The molecule has 0 bridgehead atoms. The number of aromatic nitrogens is 1. The van der Waals surface area contributed by atoms with Crippen LogP contribution in [0.25, 0.3) is 0 Å². The van der Waals surface area contributed by atoms with Gasteiger partial charge in [0.25, 0.3) is 0 Å². The Kier molecular flexibility index (Phi) is 27.3. The molecule has 1 aromatic heterocycles. The molecule has 0 aliphatic rings. The van der Waals surface area contributed by atoms with Crippen molar-refractivity contribution in [3.05, 3.63) is 23.5 Å². The first-order chi connectivity index (χ1) is 5.43. The second kappa shape index (κ2) is 17.7. The van der Waals surface area contributed by atoms with Crippen molar-refractivity contribution in [1.29, 1.82) is 0 Å². The Hall–Kier alpha value is 0.734. The summed E-state index contributed by atoms with van der Waals surface area (Å²) in [7, 11) is 0. The molecule has 0 aromatic carbocycles. The van der Waals surface area contributed by atoms with Crippen LogP contribution in [0.3, 0.4) is 0 Å². The molecule has 0 saturated carbocycles. The quantitative estimate of drug-likeness (QED) is 0.704. The van der Waals surface area contributed by atoms with Gasteiger partial charge >= 0.3 is 0 Å². The van der Waals surface area contributed by atoms with Crippen LogP contribution in [0.15, 0.2) is 11.6 Å². The predicted octanol–water partition coefficient (Wildman–Crippen LogP) is 3.57. The maximum atomic E-state index is 4.05. The molecule has 0 spiro atoms. The second-order valence-corrected chi connectivity index (χ2v) is 2.26. The Labute approximate surface area is 106 Å². The van der Waals surface area contributed by atoms with Crippen LogP contribution in [0, 0.1) is 6.92 Å². The van der Waals surface area contributed by atoms with Gasteiger partial charge in [0.2, 0.25) is 0 Å². The molecule has 1 heterocycles. The summed E-state index contributed by atoms with van der Waals surface area (Å²) in [6.45, 7) is 11.1. The van der Waals surface area contributed by atoms with Gasteiger partial charge in [-0.25, -0.2) is 4.98 Å². The van der Waals surface area contributed by atoms with Crippen molar-refractivity contribution in [2.24, 2.45) is 0 Å². The van der Waals surface area contributed by atoms with Gasteiger partial charge in [-0.05, 0) is 6.42 Å². The fourth-order valence-corrected chi connectivity index (χ4v) is 0.995. The molecule has 1 aromatic rings. The van der Waals surface area contributed by atoms with Crippen LogP contribution < -0.4 is 0 Å². The number of rotatable bonds is 1. The van der Waals surface area contributed by atoms with Gasteiger partial charge in [0.05, 0.1) is 5.01 Å². The number of thiazole rings is 1. The Balaban J connectivity index is -0.000000144. The Morgan fingerprint density at radius 2 is 1.92 bits per heavy atom. The SMILES string of the molecule is CC.CCc1nccs1.[CH2-]C.[Y]. The molecule has 0 unspecified atom stereocenters. The van der Waals surface area contributed by atoms with Crippen molar-refractivity contribution in [2.45, 2.75) is 34.1 Å². The molecule has 0 fully saturated rings. The van der Waals surface area contributed by atoms with E-state index >= 15 is 0 Å². The molecule has 1 radical (unpaired) electrons. The van der Waals surface area contributed by atoms with Crippen LogP contribution in [0.4, 0.5) is 0 Å². The average molecular weight is 261 g/mol. The first-order valence-corrected chi connectivity index (χ1v) is 4.90. The minimum absolute atomic E-state index is 0. The van der Waals surface area contributed by atoms with Crippen LogP contribution >= 0.6 is 11.3 Å². The summed E-state index contributed by atoms with van der Waals surface area (Å²) in [5, 5.41) is 3.22. The topological polar surface area (TPSA) is 12.9 Å². The van der Waals surface area contributed by atoms with Crippen molar-refractivity contribution < 1.29 is 32.7 Å². The van der Waals surface area contributed by atoms with Crippen LogP contribution in [0.5, 0.6) is 0 Å². The van der Waals surface area contributed by atoms with E-state index in [0.717, 1.165) is 6.42 Å². The number of nitrogens with zero attached hydrogens (tertiary/aromatic N) is 1. The molecule has 0 N–H and O–H groups in total. The van der Waals surface area contributed by atoms with Crippen molar-refractivity contribution >= 4 is 11.3 Å². The third-order valence-corrected chi connectivity index (χ3v) is 1.71. The van der Waals surface area contributed by atoms with E-state index in [0.29, 0.717) is 0 Å². The molecule has 1 nitrogen and oxygen atoms in total. The molecular weight excluding hydrogens is 243 g/mol. The first-order valence-electron chi connectivity index (χ1n) is 4.02. The van der Waals surface area contributed by atoms with Crippen LogP contribution in [0.2, 0.25) is 0 Å². The minimum atomic E-state index is 0. The Morgan fingerprint density at radius 1 is 1.42 bits per heavy atom. The number of hydrogen-bond donors (Lipinski definition) is 0. The van der Waals surface area contributed by atoms with E-state index in [1.165, 1.54) is 5.01 Å². The molecule has 1 rings (SSSR count). The second-order valence-electron chi connectivity index (χ2n) is 1.28. The van der Waals surface area contributed by atoms with Gasteiger partial charge in [0, 0.05) is 44.3 Å². The summed E-state index contributed by atoms with van der Waals surface area (Å²) in [6, 6.07) is 0. The van der Waals surface area contributed by atoms with Gasteiger partial charge in [-0.3, -0.25) is 0 Å². The monoisotopic (exact) mass is 261 g/mol. The Morgan fingerprint density at radius 3 is 2.08 bits per heavy atom. The molecule has 69 valence electrons. The first kappa shape index (κ1) is 18.5. The summed E-state index contributed by atoms with van der Waals surface area (Å²) in [6.07, 6.45) is 2.90. The molecule has 12 heavy (non-hydrogen) atoms. The summed E-state index contributed by atoms with van der Waals surface area (Å²) in [5.74, 6) is 0. The van der Waals surface area contributed by atoms with Crippen LogP contribution in [0.1, 0.15) is 32.7 Å². The summed E-state index contributed by atoms with van der Waals surface area (Å²) < 4.78 is 0. The minimum Gasteiger partial charge on any atom is -0.346 e. The van der Waals surface area contributed by atoms with Gasteiger partial charge in [0.15, 0.2) is 0 Å². The van der Waals surface area contributed by atoms with Gasteiger partial charge in [0.1, 0.15) is 0 Å². The van der Waals surface area contributed by atoms with E-state index in [-0.39, 0.29) is 32.7 Å². The van der Waals surface area contributed by atoms with Gasteiger partial charge in [-0.2, -0.15) is 6.92 Å². The molecule has 0 saturated heterocycles. The van der Waals surface area contributed by atoms with E-state index in [4.69, 9.17) is 0 Å². The summed E-state index contributed by atoms with van der Waals surface area (Å²) >= 11 is 1.71. The van der Waals surface area contributed by atoms with Crippen molar-refractivity contribution in [1.82, 2.24) is 4.98 Å². The zero-order valence-electron chi connectivity index (χ0n) is 8.50. The van der Waals surface area contributed by atoms with Crippen LogP contribution in [-0.2, 0) is 39.1 Å². The van der Waals surface area contributed by atoms with Crippen LogP contribution in [-0.4, -0.2) is 4.98 Å². The van der Waals surface area contributed by atoms with E-state index in [1.54, 1.807) is 18.3 Å². The molecule has 0 aliphatic carbocycles. The van der Waals surface area contributed by atoms with E-state index in [2.05, 4.69) is 18.8 Å². The predicted molar refractivity (Wildman–Crippen MR) is 53.9 cm³/mol. The van der Waals surface area contributed by atoms with Gasteiger partial charge in [-0.1, -0.05) is 20.8 Å². The summed E-state index contributed by atoms with van der Waals surface area (Å²) in [5.41, 5.74) is 0. The third-order valence-electron chi connectivity index (χ3n) is 0.786. The van der Waals surface area contributed by atoms with E-state index in [9.17, 15) is 0 Å². The number of aryl methyl sites for hydroxylation is 1. The fraction of sp³-hybridized carbons (Fsp3) is 0.556. The van der Waals surface area contributed by atoms with Gasteiger partial charge < -0.3 is 6.92 Å². The van der Waals surface area contributed by atoms with E-state index in [1.807, 2.05) is 25.4 Å². The van der Waals surface area contributed by atoms with Crippen molar-refractivity contribution in [3.63, 3.8) is 0 Å². The average Bonchev–Trinajstić information content (AvgIpc) is 2.63. The standard InChI is InChI=1S/C5H7NS.C2H6.C2H5.Y/c1-2-5-6-3-4-7-5;2*1-2;/h3-4H,2H2,1H3;1-2H3;1H2,2H3;/q;;-1;. The largest absolute Gasteiger partial charge is 0.346 e. The van der Waals surface area contributed by atoms with Gasteiger partial charge in [-0.15, -0.1) is 11.3 Å². The Bertz CT molecular complexity index is 129. The molecule has 0 amide bonds. The molecular formula is C9H18NSY-. The maximum absolute atomic E-state index is 4.05. The fourth-order valence-electron chi connectivity index (χ4n) is 0.428. The van der Waals surface area contributed by atoms with E-state index < -0.39 is 0 Å². The maximum Gasteiger partial charge on any atom is 0.0922 e. The molecule has 0 atom stereocenters. The molecule has 3 heteroatoms. The number of hydrogen-bond acceptors (Lipinski definition) is 2. The zero-order chi connectivity index (χ0) is 9.11. The zero-order valence-corrected chi connectivity index (χ0v) is 12.2. The smallest absolute Gasteiger partial charge is 0.0922 e.